The SMILES string of the molecule is COc1ccc(-c2nc3s/c(=C/c4ccc(OC(=O)c5ccco5)c(OC)c4)c(=O)n3c2-c2ccc(OC)cc2)cc1. The van der Waals surface area contributed by atoms with Crippen LogP contribution >= 0.6 is 11.3 Å². The van der Waals surface area contributed by atoms with Crippen LogP contribution in [0.3, 0.4) is 0 Å². The van der Waals surface area contributed by atoms with Crippen molar-refractivity contribution in [2.24, 2.45) is 0 Å². The first-order valence-electron chi connectivity index (χ1n) is 12.8. The molecule has 6 rings (SSSR count). The molecule has 0 fully saturated rings. The zero-order chi connectivity index (χ0) is 29.2. The van der Waals surface area contributed by atoms with E-state index in [-0.39, 0.29) is 17.1 Å². The molecule has 0 aliphatic rings. The zero-order valence-corrected chi connectivity index (χ0v) is 23.6. The van der Waals surface area contributed by atoms with E-state index in [4.69, 9.17) is 28.3 Å². The summed E-state index contributed by atoms with van der Waals surface area (Å²) in [6, 6.07) is 23.2. The zero-order valence-electron chi connectivity index (χ0n) is 22.8. The summed E-state index contributed by atoms with van der Waals surface area (Å²) < 4.78 is 28.8. The number of imidazole rings is 1. The van der Waals surface area contributed by atoms with Gasteiger partial charge in [-0.2, -0.15) is 0 Å². The molecule has 0 saturated carbocycles. The van der Waals surface area contributed by atoms with E-state index in [0.717, 1.165) is 16.9 Å². The highest BCUT2D eigenvalue weighted by Gasteiger charge is 2.21. The highest BCUT2D eigenvalue weighted by atomic mass is 32.1. The summed E-state index contributed by atoms with van der Waals surface area (Å²) >= 11 is 1.28. The predicted octanol–water partition coefficient (Wildman–Crippen LogP) is 5.48. The molecule has 0 atom stereocenters. The number of nitrogens with zero attached hydrogens (tertiary/aromatic N) is 2. The Morgan fingerprint density at radius 1 is 0.857 bits per heavy atom. The second-order valence-corrected chi connectivity index (χ2v) is 10.1. The topological polar surface area (TPSA) is 102 Å². The lowest BCUT2D eigenvalue weighted by Gasteiger charge is -2.09. The molecule has 0 bridgehead atoms. The lowest BCUT2D eigenvalue weighted by atomic mass is 10.0. The number of thiazole rings is 1. The van der Waals surface area contributed by atoms with E-state index in [1.54, 1.807) is 49.0 Å². The number of fused-ring (bicyclic) bond motifs is 1. The van der Waals surface area contributed by atoms with Gasteiger partial charge in [0.2, 0.25) is 5.76 Å². The molecule has 0 N–H and O–H groups in total. The van der Waals surface area contributed by atoms with Gasteiger partial charge in [-0.15, -0.1) is 0 Å². The van der Waals surface area contributed by atoms with Crippen LogP contribution in [0.2, 0.25) is 0 Å². The number of benzene rings is 3. The fourth-order valence-corrected chi connectivity index (χ4v) is 5.49. The Labute approximate surface area is 243 Å². The van der Waals surface area contributed by atoms with E-state index in [1.165, 1.54) is 30.8 Å². The van der Waals surface area contributed by atoms with Crippen LogP contribution in [0, 0.1) is 0 Å². The molecule has 0 spiro atoms. The third kappa shape index (κ3) is 4.99. The maximum atomic E-state index is 13.8. The van der Waals surface area contributed by atoms with Gasteiger partial charge in [0.1, 0.15) is 11.5 Å². The summed E-state index contributed by atoms with van der Waals surface area (Å²) in [5, 5.41) is 0. The molecule has 42 heavy (non-hydrogen) atoms. The van der Waals surface area contributed by atoms with E-state index in [1.807, 2.05) is 48.5 Å². The minimum atomic E-state index is -0.643. The molecule has 6 aromatic rings. The Hall–Kier alpha value is -5.35. The summed E-state index contributed by atoms with van der Waals surface area (Å²) in [7, 11) is 4.70. The Balaban J connectivity index is 1.44. The second-order valence-electron chi connectivity index (χ2n) is 9.08. The van der Waals surface area contributed by atoms with E-state index in [2.05, 4.69) is 0 Å². The highest BCUT2D eigenvalue weighted by Crippen LogP contribution is 2.34. The Morgan fingerprint density at radius 2 is 1.55 bits per heavy atom. The molecule has 0 unspecified atom stereocenters. The standard InChI is InChI=1S/C32H24N2O7S/c1-37-22-11-7-20(8-12-22)28-29(21-9-13-23(38-2)14-10-21)34-30(35)27(42-32(34)33-28)18-19-6-15-24(26(17-19)39-3)41-31(36)25-5-4-16-40-25/h4-18H,1-3H3/b27-18+. The summed E-state index contributed by atoms with van der Waals surface area (Å²) in [5.74, 6) is 1.43. The number of furan rings is 1. The first kappa shape index (κ1) is 26.9. The average Bonchev–Trinajstić information content (AvgIpc) is 3.76. The summed E-state index contributed by atoms with van der Waals surface area (Å²) in [4.78, 5) is 31.6. The van der Waals surface area contributed by atoms with Crippen LogP contribution in [0.1, 0.15) is 16.1 Å². The predicted molar refractivity (Wildman–Crippen MR) is 159 cm³/mol. The van der Waals surface area contributed by atoms with Gasteiger partial charge < -0.3 is 23.4 Å². The fraction of sp³-hybridized carbons (Fsp3) is 0.0938. The monoisotopic (exact) mass is 580 g/mol. The van der Waals surface area contributed by atoms with E-state index in [9.17, 15) is 9.59 Å². The molecule has 0 saturated heterocycles. The maximum absolute atomic E-state index is 13.8. The summed E-state index contributed by atoms with van der Waals surface area (Å²) in [6.45, 7) is 0. The molecule has 3 aromatic heterocycles. The van der Waals surface area contributed by atoms with Gasteiger partial charge in [0.25, 0.3) is 5.56 Å². The van der Waals surface area contributed by atoms with Crippen LogP contribution in [0.5, 0.6) is 23.0 Å². The Bertz CT molecular complexity index is 1990. The van der Waals surface area contributed by atoms with Crippen LogP contribution < -0.4 is 29.0 Å². The van der Waals surface area contributed by atoms with Crippen LogP contribution in [0.25, 0.3) is 33.6 Å². The molecule has 9 nitrogen and oxygen atoms in total. The molecule has 10 heteroatoms. The van der Waals surface area contributed by atoms with Gasteiger partial charge >= 0.3 is 5.97 Å². The van der Waals surface area contributed by atoms with Crippen molar-refractivity contribution in [1.29, 1.82) is 0 Å². The number of carbonyl (C=O) groups excluding carboxylic acids is 1. The molecular weight excluding hydrogens is 556 g/mol. The van der Waals surface area contributed by atoms with Crippen LogP contribution in [-0.4, -0.2) is 36.7 Å². The second kappa shape index (κ2) is 11.3. The van der Waals surface area contributed by atoms with Crippen molar-refractivity contribution in [3.63, 3.8) is 0 Å². The number of aromatic nitrogens is 2. The molecule has 3 aromatic carbocycles. The van der Waals surface area contributed by atoms with Crippen LogP contribution in [-0.2, 0) is 0 Å². The average molecular weight is 581 g/mol. The van der Waals surface area contributed by atoms with Crippen LogP contribution in [0.4, 0.5) is 0 Å². The smallest absolute Gasteiger partial charge is 0.379 e. The number of hydrogen-bond donors (Lipinski definition) is 0. The molecular formula is C32H24N2O7S. The fourth-order valence-electron chi connectivity index (χ4n) is 4.52. The van der Waals surface area contributed by atoms with E-state index >= 15 is 0 Å². The number of carbonyl (C=O) groups is 1. The first-order chi connectivity index (χ1) is 20.5. The first-order valence-corrected chi connectivity index (χ1v) is 13.6. The van der Waals surface area contributed by atoms with E-state index in [0.29, 0.717) is 37.9 Å². The number of hydrogen-bond acceptors (Lipinski definition) is 9. The Kier molecular flexibility index (Phi) is 7.20. The van der Waals surface area contributed by atoms with Crippen LogP contribution in [0.15, 0.2) is 94.3 Å². The minimum absolute atomic E-state index is 0.0762. The number of methoxy groups -OCH3 is 3. The molecule has 0 amide bonds. The normalized spacial score (nSPS) is 11.5. The van der Waals surface area contributed by atoms with Gasteiger partial charge in [0, 0.05) is 11.1 Å². The Morgan fingerprint density at radius 3 is 2.17 bits per heavy atom. The molecule has 210 valence electrons. The maximum Gasteiger partial charge on any atom is 0.379 e. The lowest BCUT2D eigenvalue weighted by Crippen LogP contribution is -2.23. The molecule has 0 aliphatic carbocycles. The van der Waals surface area contributed by atoms with Gasteiger partial charge in [0.15, 0.2) is 16.5 Å². The van der Waals surface area contributed by atoms with Gasteiger partial charge in [-0.05, 0) is 84.4 Å². The quantitative estimate of drug-likeness (QED) is 0.172. The van der Waals surface area contributed by atoms with Crippen molar-refractivity contribution in [2.45, 2.75) is 0 Å². The third-order valence-electron chi connectivity index (χ3n) is 6.60. The van der Waals surface area contributed by atoms with Crippen molar-refractivity contribution in [1.82, 2.24) is 9.38 Å². The van der Waals surface area contributed by atoms with Crippen molar-refractivity contribution in [2.75, 3.05) is 21.3 Å². The number of esters is 1. The van der Waals surface area contributed by atoms with Gasteiger partial charge in [-0.25, -0.2) is 14.2 Å². The molecule has 0 aliphatic heterocycles. The van der Waals surface area contributed by atoms with Gasteiger partial charge in [-0.1, -0.05) is 17.4 Å². The van der Waals surface area contributed by atoms with Gasteiger partial charge in [0.05, 0.1) is 43.5 Å². The highest BCUT2D eigenvalue weighted by molar-refractivity contribution is 7.15. The number of ether oxygens (including phenoxy) is 4. The lowest BCUT2D eigenvalue weighted by molar-refractivity contribution is 0.0696. The van der Waals surface area contributed by atoms with E-state index < -0.39 is 5.97 Å². The summed E-state index contributed by atoms with van der Waals surface area (Å²) in [5.41, 5.74) is 3.51. The molecule has 3 heterocycles. The van der Waals surface area contributed by atoms with Crippen molar-refractivity contribution >= 4 is 28.3 Å². The third-order valence-corrected chi connectivity index (χ3v) is 7.57. The minimum Gasteiger partial charge on any atom is -0.497 e. The largest absolute Gasteiger partial charge is 0.497 e. The van der Waals surface area contributed by atoms with Crippen molar-refractivity contribution in [3.05, 3.63) is 111 Å². The summed E-state index contributed by atoms with van der Waals surface area (Å²) in [6.07, 6.45) is 3.15. The molecule has 0 radical (unpaired) electrons. The van der Waals surface area contributed by atoms with Crippen molar-refractivity contribution < 1.29 is 28.2 Å². The van der Waals surface area contributed by atoms with Gasteiger partial charge in [-0.3, -0.25) is 4.79 Å². The number of rotatable bonds is 8. The van der Waals surface area contributed by atoms with Crippen molar-refractivity contribution in [3.8, 4) is 45.5 Å².